The highest BCUT2D eigenvalue weighted by atomic mass is 32.2. The Morgan fingerprint density at radius 3 is 2.29 bits per heavy atom. The van der Waals surface area contributed by atoms with E-state index >= 15 is 0 Å². The van der Waals surface area contributed by atoms with Crippen LogP contribution in [0.3, 0.4) is 0 Å². The molecule has 0 spiro atoms. The third-order valence-corrected chi connectivity index (χ3v) is 8.08. The summed E-state index contributed by atoms with van der Waals surface area (Å²) in [7, 11) is -0.0917. The molecule has 3 aromatic carbocycles. The summed E-state index contributed by atoms with van der Waals surface area (Å²) >= 11 is 0. The summed E-state index contributed by atoms with van der Waals surface area (Å²) in [5.41, 5.74) is 6.07. The minimum atomic E-state index is -0.0917. The van der Waals surface area contributed by atoms with Crippen molar-refractivity contribution in [3.8, 4) is 0 Å². The number of hydrogen-bond acceptors (Lipinski definition) is 1. The fraction of sp³-hybridized carbons (Fsp3) is 0.115. The summed E-state index contributed by atoms with van der Waals surface area (Å²) in [6.07, 6.45) is 5.49. The molecule has 136 valence electrons. The number of benzene rings is 3. The minimum absolute atomic E-state index is 0.0917. The summed E-state index contributed by atoms with van der Waals surface area (Å²) < 4.78 is 0. The molecule has 2 atom stereocenters. The molecule has 3 aromatic rings. The molecule has 0 aromatic heterocycles. The number of Topliss-reactive ketones (excluding diaryl/α,β-unsaturated/α-hetero) is 1. The van der Waals surface area contributed by atoms with Gasteiger partial charge >= 0.3 is 0 Å². The van der Waals surface area contributed by atoms with E-state index in [9.17, 15) is 4.79 Å². The smallest absolute Gasteiger partial charge is 0.240 e. The molecule has 0 bridgehead atoms. The molecule has 0 N–H and O–H groups in total. The maximum atomic E-state index is 13.3. The van der Waals surface area contributed by atoms with Crippen LogP contribution in [0, 0.1) is 0 Å². The van der Waals surface area contributed by atoms with Crippen molar-refractivity contribution in [3.63, 3.8) is 0 Å². The van der Waals surface area contributed by atoms with E-state index in [1.165, 1.54) is 22.3 Å². The van der Waals surface area contributed by atoms with Gasteiger partial charge in [0.2, 0.25) is 10.7 Å². The van der Waals surface area contributed by atoms with Crippen molar-refractivity contribution in [2.45, 2.75) is 11.7 Å². The van der Waals surface area contributed by atoms with Crippen molar-refractivity contribution in [2.24, 2.45) is 0 Å². The number of carbonyl (C=O) groups excluding carboxylic acids is 1. The second kappa shape index (κ2) is 7.29. The summed E-state index contributed by atoms with van der Waals surface area (Å²) in [5.74, 6) is 1.12. The Labute approximate surface area is 168 Å². The average molecular weight is 382 g/mol. The Kier molecular flexibility index (Phi) is 4.50. The van der Waals surface area contributed by atoms with Gasteiger partial charge in [0.25, 0.3) is 0 Å². The summed E-state index contributed by atoms with van der Waals surface area (Å²) in [5, 5.41) is 0.379. The van der Waals surface area contributed by atoms with Crippen LogP contribution in [0.25, 0.3) is 11.6 Å². The number of ketones is 1. The lowest BCUT2D eigenvalue weighted by Gasteiger charge is -2.29. The van der Waals surface area contributed by atoms with Crippen LogP contribution in [-0.2, 0) is 10.9 Å². The molecule has 2 heteroatoms. The largest absolute Gasteiger partial charge is 0.284 e. The highest BCUT2D eigenvalue weighted by Gasteiger charge is 2.45. The highest BCUT2D eigenvalue weighted by molar-refractivity contribution is 8.02. The van der Waals surface area contributed by atoms with Gasteiger partial charge in [0, 0.05) is 34.5 Å². The summed E-state index contributed by atoms with van der Waals surface area (Å²) in [4.78, 5) is 14.3. The highest BCUT2D eigenvalue weighted by Crippen LogP contribution is 2.47. The van der Waals surface area contributed by atoms with Crippen LogP contribution in [0.1, 0.15) is 38.7 Å². The fourth-order valence-corrected chi connectivity index (χ4v) is 6.79. The molecule has 28 heavy (non-hydrogen) atoms. The molecule has 0 aliphatic carbocycles. The van der Waals surface area contributed by atoms with E-state index in [0.717, 1.165) is 22.6 Å². The third kappa shape index (κ3) is 3.04. The van der Waals surface area contributed by atoms with E-state index in [1.54, 1.807) is 0 Å². The molecule has 0 saturated carbocycles. The van der Waals surface area contributed by atoms with Crippen molar-refractivity contribution in [1.29, 1.82) is 0 Å². The van der Waals surface area contributed by atoms with E-state index in [-0.39, 0.29) is 16.7 Å². The average Bonchev–Trinajstić information content (AvgIpc) is 2.79. The van der Waals surface area contributed by atoms with Crippen LogP contribution in [0.15, 0.2) is 95.9 Å². The predicted molar refractivity (Wildman–Crippen MR) is 119 cm³/mol. The lowest BCUT2D eigenvalue weighted by atomic mass is 9.94. The van der Waals surface area contributed by atoms with Crippen LogP contribution in [0.5, 0.6) is 0 Å². The van der Waals surface area contributed by atoms with E-state index in [0.29, 0.717) is 5.25 Å². The van der Waals surface area contributed by atoms with E-state index in [1.807, 2.05) is 30.3 Å². The van der Waals surface area contributed by atoms with E-state index in [2.05, 4.69) is 66.7 Å². The monoisotopic (exact) mass is 381 g/mol. The first kappa shape index (κ1) is 17.3. The molecule has 0 fully saturated rings. The van der Waals surface area contributed by atoms with Gasteiger partial charge in [-0.25, -0.2) is 0 Å². The number of carbonyl (C=O) groups is 1. The van der Waals surface area contributed by atoms with Crippen molar-refractivity contribution in [1.82, 2.24) is 0 Å². The van der Waals surface area contributed by atoms with E-state index in [4.69, 9.17) is 0 Å². The zero-order valence-corrected chi connectivity index (χ0v) is 16.4. The van der Waals surface area contributed by atoms with Crippen LogP contribution in [-0.4, -0.2) is 11.5 Å². The zero-order chi connectivity index (χ0) is 18.9. The lowest BCUT2D eigenvalue weighted by molar-refractivity contribution is 0.104. The minimum Gasteiger partial charge on any atom is -0.284 e. The molecular formula is C26H21OS+. The zero-order valence-electron chi connectivity index (χ0n) is 15.5. The van der Waals surface area contributed by atoms with Gasteiger partial charge in [0.15, 0.2) is 5.25 Å². The first-order chi connectivity index (χ1) is 13.8. The van der Waals surface area contributed by atoms with Gasteiger partial charge < -0.3 is 0 Å². The molecule has 1 nitrogen and oxygen atoms in total. The second-order valence-electron chi connectivity index (χ2n) is 7.22. The Hall–Kier alpha value is -2.84. The van der Waals surface area contributed by atoms with Crippen LogP contribution >= 0.6 is 0 Å². The molecular weight excluding hydrogens is 360 g/mol. The summed E-state index contributed by atoms with van der Waals surface area (Å²) in [6, 6.07) is 28.9. The molecule has 2 aliphatic rings. The van der Waals surface area contributed by atoms with Gasteiger partial charge in [0.1, 0.15) is 5.75 Å². The van der Waals surface area contributed by atoms with Crippen LogP contribution in [0.2, 0.25) is 0 Å². The van der Waals surface area contributed by atoms with Gasteiger partial charge in [-0.1, -0.05) is 84.9 Å². The van der Waals surface area contributed by atoms with Gasteiger partial charge in [-0.15, -0.1) is 0 Å². The maximum Gasteiger partial charge on any atom is 0.240 e. The Balaban J connectivity index is 1.58. The van der Waals surface area contributed by atoms with E-state index < -0.39 is 0 Å². The van der Waals surface area contributed by atoms with Crippen molar-refractivity contribution in [2.75, 3.05) is 5.75 Å². The molecule has 2 aliphatic heterocycles. The maximum absolute atomic E-state index is 13.3. The van der Waals surface area contributed by atoms with Crippen molar-refractivity contribution in [3.05, 3.63) is 118 Å². The topological polar surface area (TPSA) is 17.1 Å². The Morgan fingerprint density at radius 1 is 0.821 bits per heavy atom. The second-order valence-corrected chi connectivity index (χ2v) is 9.42. The number of rotatable bonds is 3. The van der Waals surface area contributed by atoms with Gasteiger partial charge in [0.05, 0.1) is 0 Å². The standard InChI is InChI=1S/C26H21OS/c27-26(20-11-5-2-6-12-20)25-18-22-13-7-8-14-23(22)24-17-21(15-16-28(24)25)19-9-3-1-4-10-19/h1-15,18,24H,16-17H2/q+1. The first-order valence-electron chi connectivity index (χ1n) is 9.66. The predicted octanol–water partition coefficient (Wildman–Crippen LogP) is 6.07. The molecule has 0 saturated heterocycles. The van der Waals surface area contributed by atoms with Crippen LogP contribution in [0.4, 0.5) is 0 Å². The molecule has 2 unspecified atom stereocenters. The van der Waals surface area contributed by atoms with Gasteiger partial charge in [-0.2, -0.15) is 0 Å². The molecule has 2 heterocycles. The van der Waals surface area contributed by atoms with Gasteiger partial charge in [-0.05, 0) is 22.8 Å². The Bertz CT molecular complexity index is 1080. The number of allylic oxidation sites excluding steroid dienone is 2. The normalized spacial score (nSPS) is 20.4. The summed E-state index contributed by atoms with van der Waals surface area (Å²) in [6.45, 7) is 0. The molecule has 0 amide bonds. The number of hydrogen-bond donors (Lipinski definition) is 0. The van der Waals surface area contributed by atoms with Gasteiger partial charge in [-0.3, -0.25) is 4.79 Å². The fourth-order valence-electron chi connectivity index (χ4n) is 4.15. The Morgan fingerprint density at radius 2 is 1.50 bits per heavy atom. The van der Waals surface area contributed by atoms with Crippen molar-refractivity contribution < 1.29 is 4.79 Å². The quantitative estimate of drug-likeness (QED) is 0.397. The molecule has 0 radical (unpaired) electrons. The third-order valence-electron chi connectivity index (χ3n) is 5.57. The van der Waals surface area contributed by atoms with Crippen molar-refractivity contribution >= 4 is 28.3 Å². The van der Waals surface area contributed by atoms with Crippen LogP contribution < -0.4 is 0 Å². The first-order valence-corrected chi connectivity index (χ1v) is 11.1. The number of fused-ring (bicyclic) bond motifs is 3. The lowest BCUT2D eigenvalue weighted by Crippen LogP contribution is -2.29. The molecule has 5 rings (SSSR count). The SMILES string of the molecule is O=C(C1=Cc2ccccc2C2CC(c3ccccc3)=CC[S+]12)c1ccccc1.